The fourth-order valence-corrected chi connectivity index (χ4v) is 2.84. The molecule has 2 rings (SSSR count). The van der Waals surface area contributed by atoms with E-state index in [1.807, 2.05) is 26.0 Å². The zero-order valence-corrected chi connectivity index (χ0v) is 12.8. The Bertz CT molecular complexity index is 464. The van der Waals surface area contributed by atoms with E-state index in [1.165, 1.54) is 12.1 Å². The number of rotatable bonds is 5. The van der Waals surface area contributed by atoms with Crippen molar-refractivity contribution in [1.29, 1.82) is 0 Å². The molecule has 0 saturated carbocycles. The highest BCUT2D eigenvalue weighted by atomic mass is 19.1. The predicted octanol–water partition coefficient (Wildman–Crippen LogP) is 3.04. The summed E-state index contributed by atoms with van der Waals surface area (Å²) < 4.78 is 18.6. The molecule has 1 amide bonds. The van der Waals surface area contributed by atoms with Crippen molar-refractivity contribution in [1.82, 2.24) is 5.32 Å². The quantitative estimate of drug-likeness (QED) is 0.906. The molecule has 0 atom stereocenters. The van der Waals surface area contributed by atoms with Crippen molar-refractivity contribution in [3.8, 4) is 0 Å². The Morgan fingerprint density at radius 3 is 2.48 bits per heavy atom. The standard InChI is InChI=1S/C17H24FNO2/c1-13(2)11-16(20)19-12-17(7-9-21-10-8-17)14-3-5-15(18)6-4-14/h3-6,13H,7-12H2,1-2H3,(H,19,20). The normalized spacial score (nSPS) is 17.7. The number of benzene rings is 1. The first-order valence-corrected chi connectivity index (χ1v) is 7.62. The number of amides is 1. The van der Waals surface area contributed by atoms with Crippen LogP contribution in [0.1, 0.15) is 38.7 Å². The molecule has 3 nitrogen and oxygen atoms in total. The van der Waals surface area contributed by atoms with Gasteiger partial charge in [0.2, 0.25) is 5.91 Å². The van der Waals surface area contributed by atoms with Crippen molar-refractivity contribution in [2.24, 2.45) is 5.92 Å². The average molecular weight is 293 g/mol. The van der Waals surface area contributed by atoms with E-state index < -0.39 is 0 Å². The third kappa shape index (κ3) is 4.27. The molecule has 1 heterocycles. The number of hydrogen-bond acceptors (Lipinski definition) is 2. The second-order valence-corrected chi connectivity index (χ2v) is 6.27. The van der Waals surface area contributed by atoms with Crippen molar-refractivity contribution < 1.29 is 13.9 Å². The lowest BCUT2D eigenvalue weighted by Gasteiger charge is -2.38. The van der Waals surface area contributed by atoms with Crippen LogP contribution in [0.3, 0.4) is 0 Å². The fraction of sp³-hybridized carbons (Fsp3) is 0.588. The van der Waals surface area contributed by atoms with Gasteiger partial charge in [0.05, 0.1) is 0 Å². The van der Waals surface area contributed by atoms with Gasteiger partial charge in [-0.05, 0) is 36.5 Å². The predicted molar refractivity (Wildman–Crippen MR) is 80.6 cm³/mol. The third-order valence-corrected chi connectivity index (χ3v) is 4.12. The molecule has 0 unspecified atom stereocenters. The first kappa shape index (κ1) is 16.0. The highest BCUT2D eigenvalue weighted by Gasteiger charge is 2.34. The first-order chi connectivity index (χ1) is 10.0. The summed E-state index contributed by atoms with van der Waals surface area (Å²) in [4.78, 5) is 11.9. The second-order valence-electron chi connectivity index (χ2n) is 6.27. The topological polar surface area (TPSA) is 38.3 Å². The number of nitrogens with one attached hydrogen (secondary N) is 1. The summed E-state index contributed by atoms with van der Waals surface area (Å²) in [6, 6.07) is 6.63. The van der Waals surface area contributed by atoms with E-state index in [2.05, 4.69) is 5.32 Å². The van der Waals surface area contributed by atoms with Crippen LogP contribution in [0.2, 0.25) is 0 Å². The van der Waals surface area contributed by atoms with Crippen LogP contribution in [-0.2, 0) is 14.9 Å². The minimum absolute atomic E-state index is 0.0815. The molecule has 0 bridgehead atoms. The Morgan fingerprint density at radius 2 is 1.90 bits per heavy atom. The van der Waals surface area contributed by atoms with Crippen molar-refractivity contribution in [3.05, 3.63) is 35.6 Å². The van der Waals surface area contributed by atoms with Gasteiger partial charge < -0.3 is 10.1 Å². The number of carbonyl (C=O) groups excluding carboxylic acids is 1. The molecule has 1 aliphatic rings. The van der Waals surface area contributed by atoms with Gasteiger partial charge in [-0.1, -0.05) is 26.0 Å². The molecule has 0 aromatic heterocycles. The van der Waals surface area contributed by atoms with Crippen LogP contribution in [0, 0.1) is 11.7 Å². The van der Waals surface area contributed by atoms with Crippen LogP contribution in [0.15, 0.2) is 24.3 Å². The van der Waals surface area contributed by atoms with Crippen molar-refractivity contribution in [3.63, 3.8) is 0 Å². The molecule has 116 valence electrons. The zero-order chi connectivity index (χ0) is 15.3. The molecule has 1 fully saturated rings. The molecule has 1 N–H and O–H groups in total. The van der Waals surface area contributed by atoms with Gasteiger partial charge >= 0.3 is 0 Å². The molecule has 1 aromatic rings. The van der Waals surface area contributed by atoms with E-state index in [9.17, 15) is 9.18 Å². The Balaban J connectivity index is 2.10. The zero-order valence-electron chi connectivity index (χ0n) is 12.8. The van der Waals surface area contributed by atoms with Crippen molar-refractivity contribution in [2.45, 2.75) is 38.5 Å². The highest BCUT2D eigenvalue weighted by molar-refractivity contribution is 5.76. The van der Waals surface area contributed by atoms with Gasteiger partial charge in [0, 0.05) is 31.6 Å². The highest BCUT2D eigenvalue weighted by Crippen LogP contribution is 2.34. The molecule has 0 spiro atoms. The molecular formula is C17H24FNO2. The molecule has 1 aromatic carbocycles. The van der Waals surface area contributed by atoms with Crippen LogP contribution in [0.5, 0.6) is 0 Å². The summed E-state index contributed by atoms with van der Waals surface area (Å²) >= 11 is 0. The molecule has 21 heavy (non-hydrogen) atoms. The van der Waals surface area contributed by atoms with Crippen LogP contribution < -0.4 is 5.32 Å². The summed E-state index contributed by atoms with van der Waals surface area (Å²) in [5.41, 5.74) is 0.940. The summed E-state index contributed by atoms with van der Waals surface area (Å²) in [7, 11) is 0. The largest absolute Gasteiger partial charge is 0.381 e. The molecule has 0 radical (unpaired) electrons. The fourth-order valence-electron chi connectivity index (χ4n) is 2.84. The van der Waals surface area contributed by atoms with Gasteiger partial charge in [0.25, 0.3) is 0 Å². The number of halogens is 1. The van der Waals surface area contributed by atoms with Gasteiger partial charge in [0.15, 0.2) is 0 Å². The Hall–Kier alpha value is -1.42. The van der Waals surface area contributed by atoms with Gasteiger partial charge in [0.1, 0.15) is 5.82 Å². The van der Waals surface area contributed by atoms with Gasteiger partial charge in [-0.2, -0.15) is 0 Å². The minimum atomic E-state index is -0.232. The minimum Gasteiger partial charge on any atom is -0.381 e. The lowest BCUT2D eigenvalue weighted by molar-refractivity contribution is -0.122. The Kier molecular flexibility index (Phi) is 5.34. The van der Waals surface area contributed by atoms with E-state index in [4.69, 9.17) is 4.74 Å². The van der Waals surface area contributed by atoms with Crippen LogP contribution in [0.25, 0.3) is 0 Å². The maximum atomic E-state index is 13.1. The average Bonchev–Trinajstić information content (AvgIpc) is 2.46. The molecular weight excluding hydrogens is 269 g/mol. The summed E-state index contributed by atoms with van der Waals surface area (Å²) in [5, 5.41) is 3.05. The molecule has 1 aliphatic heterocycles. The number of hydrogen-bond donors (Lipinski definition) is 1. The SMILES string of the molecule is CC(C)CC(=O)NCC1(c2ccc(F)cc2)CCOCC1. The van der Waals surface area contributed by atoms with E-state index >= 15 is 0 Å². The third-order valence-electron chi connectivity index (χ3n) is 4.12. The van der Waals surface area contributed by atoms with Gasteiger partial charge in [-0.3, -0.25) is 4.79 Å². The Morgan fingerprint density at radius 1 is 1.29 bits per heavy atom. The molecule has 1 saturated heterocycles. The van der Waals surface area contributed by atoms with Crippen LogP contribution in [0.4, 0.5) is 4.39 Å². The van der Waals surface area contributed by atoms with Gasteiger partial charge in [-0.15, -0.1) is 0 Å². The Labute approximate surface area is 125 Å². The molecule has 4 heteroatoms. The van der Waals surface area contributed by atoms with Crippen molar-refractivity contribution >= 4 is 5.91 Å². The maximum absolute atomic E-state index is 13.1. The van der Waals surface area contributed by atoms with E-state index in [-0.39, 0.29) is 17.1 Å². The summed E-state index contributed by atoms with van der Waals surface area (Å²) in [6.45, 7) is 6.01. The summed E-state index contributed by atoms with van der Waals surface area (Å²) in [6.07, 6.45) is 2.23. The van der Waals surface area contributed by atoms with E-state index in [0.717, 1.165) is 18.4 Å². The smallest absolute Gasteiger partial charge is 0.220 e. The second kappa shape index (κ2) is 7.03. The van der Waals surface area contributed by atoms with Gasteiger partial charge in [-0.25, -0.2) is 4.39 Å². The lowest BCUT2D eigenvalue weighted by atomic mass is 9.74. The molecule has 0 aliphatic carbocycles. The first-order valence-electron chi connectivity index (χ1n) is 7.62. The van der Waals surface area contributed by atoms with E-state index in [1.54, 1.807) is 0 Å². The monoisotopic (exact) mass is 293 g/mol. The number of ether oxygens (including phenoxy) is 1. The van der Waals surface area contributed by atoms with Crippen LogP contribution >= 0.6 is 0 Å². The van der Waals surface area contributed by atoms with Crippen molar-refractivity contribution in [2.75, 3.05) is 19.8 Å². The summed E-state index contributed by atoms with van der Waals surface area (Å²) in [5.74, 6) is 0.198. The maximum Gasteiger partial charge on any atom is 0.220 e. The lowest BCUT2D eigenvalue weighted by Crippen LogP contribution is -2.44. The van der Waals surface area contributed by atoms with Crippen LogP contribution in [-0.4, -0.2) is 25.7 Å². The number of carbonyl (C=O) groups is 1. The van der Waals surface area contributed by atoms with E-state index in [0.29, 0.717) is 32.1 Å².